The zero-order valence-electron chi connectivity index (χ0n) is 11.3. The van der Waals surface area contributed by atoms with Gasteiger partial charge in [-0.05, 0) is 12.1 Å². The van der Waals surface area contributed by atoms with Gasteiger partial charge in [0.15, 0.2) is 5.17 Å². The van der Waals surface area contributed by atoms with Crippen molar-refractivity contribution in [2.75, 3.05) is 10.7 Å². The molecule has 1 saturated heterocycles. The number of nitrogens with zero attached hydrogens (tertiary/aromatic N) is 1. The number of amides is 1. The Morgan fingerprint density at radius 1 is 1.27 bits per heavy atom. The second-order valence-corrected chi connectivity index (χ2v) is 5.57. The molecule has 120 valence electrons. The Bertz CT molecular complexity index is 613. The van der Waals surface area contributed by atoms with Gasteiger partial charge in [0, 0.05) is 12.0 Å². The Labute approximate surface area is 127 Å². The fraction of sp³-hybridized carbons (Fsp3) is 0.385. The number of amidine groups is 1. The molecule has 1 aromatic carbocycles. The summed E-state index contributed by atoms with van der Waals surface area (Å²) in [4.78, 5) is 12.2. The second kappa shape index (κ2) is 5.53. The van der Waals surface area contributed by atoms with E-state index in [2.05, 4.69) is 0 Å². The molecule has 3 nitrogen and oxygen atoms in total. The van der Waals surface area contributed by atoms with Gasteiger partial charge in [-0.15, -0.1) is 0 Å². The molecule has 0 bridgehead atoms. The van der Waals surface area contributed by atoms with Crippen LogP contribution in [0, 0.1) is 5.41 Å². The van der Waals surface area contributed by atoms with Crippen LogP contribution in [0.15, 0.2) is 18.2 Å². The lowest BCUT2D eigenvalue weighted by Gasteiger charge is -2.23. The highest BCUT2D eigenvalue weighted by Crippen LogP contribution is 2.42. The highest BCUT2D eigenvalue weighted by Gasteiger charge is 2.41. The maximum absolute atomic E-state index is 13.7. The highest BCUT2D eigenvalue weighted by molar-refractivity contribution is 8.15. The number of carbonyl (C=O) groups excluding carboxylic acids is 1. The largest absolute Gasteiger partial charge is 0.418 e. The van der Waals surface area contributed by atoms with Gasteiger partial charge in [-0.3, -0.25) is 15.1 Å². The molecular formula is C13H11F5N2OS. The van der Waals surface area contributed by atoms with Crippen molar-refractivity contribution in [3.05, 3.63) is 29.3 Å². The average Bonchev–Trinajstić information content (AvgIpc) is 2.76. The molecule has 0 aliphatic carbocycles. The van der Waals surface area contributed by atoms with Crippen LogP contribution >= 0.6 is 11.8 Å². The van der Waals surface area contributed by atoms with Crippen molar-refractivity contribution < 1.29 is 26.7 Å². The number of anilines is 1. The number of alkyl halides is 5. The van der Waals surface area contributed by atoms with Crippen LogP contribution in [0.3, 0.4) is 0 Å². The SMILES string of the molecule is CCC(F)(F)c1ccc(C(F)(F)F)c(N2C(=N)SCC2=O)c1. The standard InChI is InChI=1S/C13H11F5N2OS/c1-2-12(14,15)7-3-4-8(13(16,17)18)9(5-7)20-10(21)6-22-11(20)19/h3-5,19H,2,6H2,1H3. The first-order valence-electron chi connectivity index (χ1n) is 6.21. The number of rotatable bonds is 3. The van der Waals surface area contributed by atoms with Crippen molar-refractivity contribution >= 4 is 28.5 Å². The third-order valence-corrected chi connectivity index (χ3v) is 4.04. The maximum atomic E-state index is 13.7. The summed E-state index contributed by atoms with van der Waals surface area (Å²) in [7, 11) is 0. The predicted octanol–water partition coefficient (Wildman–Crippen LogP) is 4.22. The topological polar surface area (TPSA) is 44.2 Å². The van der Waals surface area contributed by atoms with Gasteiger partial charge < -0.3 is 0 Å². The summed E-state index contributed by atoms with van der Waals surface area (Å²) in [5.74, 6) is -4.24. The van der Waals surface area contributed by atoms with Crippen molar-refractivity contribution in [1.29, 1.82) is 5.41 Å². The average molecular weight is 338 g/mol. The van der Waals surface area contributed by atoms with Crippen molar-refractivity contribution in [3.8, 4) is 0 Å². The molecule has 2 rings (SSSR count). The van der Waals surface area contributed by atoms with E-state index in [9.17, 15) is 26.7 Å². The van der Waals surface area contributed by atoms with Crippen LogP contribution in [-0.4, -0.2) is 16.8 Å². The van der Waals surface area contributed by atoms with Crippen molar-refractivity contribution in [1.82, 2.24) is 0 Å². The number of hydrogen-bond donors (Lipinski definition) is 1. The monoisotopic (exact) mass is 338 g/mol. The molecule has 0 radical (unpaired) electrons. The number of halogens is 5. The summed E-state index contributed by atoms with van der Waals surface area (Å²) in [6.45, 7) is 1.20. The molecule has 0 unspecified atom stereocenters. The quantitative estimate of drug-likeness (QED) is 0.839. The van der Waals surface area contributed by atoms with Gasteiger partial charge in [-0.25, -0.2) is 8.78 Å². The third-order valence-electron chi connectivity index (χ3n) is 3.20. The van der Waals surface area contributed by atoms with E-state index in [1.54, 1.807) is 0 Å². The Balaban J connectivity index is 2.64. The molecule has 0 aromatic heterocycles. The number of carbonyl (C=O) groups is 1. The maximum Gasteiger partial charge on any atom is 0.418 e. The number of nitrogens with one attached hydrogen (secondary N) is 1. The fourth-order valence-corrected chi connectivity index (χ4v) is 2.72. The molecule has 0 atom stereocenters. The minimum Gasteiger partial charge on any atom is -0.278 e. The van der Waals surface area contributed by atoms with Crippen LogP contribution in [0.25, 0.3) is 0 Å². The lowest BCUT2D eigenvalue weighted by atomic mass is 10.0. The number of thioether (sulfide) groups is 1. The van der Waals surface area contributed by atoms with Gasteiger partial charge in [0.1, 0.15) is 0 Å². The number of benzene rings is 1. The van der Waals surface area contributed by atoms with E-state index in [-0.39, 0.29) is 5.75 Å². The van der Waals surface area contributed by atoms with E-state index in [1.807, 2.05) is 0 Å². The Morgan fingerprint density at radius 3 is 2.36 bits per heavy atom. The molecule has 9 heteroatoms. The van der Waals surface area contributed by atoms with E-state index in [4.69, 9.17) is 5.41 Å². The molecule has 1 heterocycles. The first kappa shape index (κ1) is 16.7. The van der Waals surface area contributed by atoms with Gasteiger partial charge in [-0.1, -0.05) is 24.8 Å². The molecule has 1 fully saturated rings. The lowest BCUT2D eigenvalue weighted by molar-refractivity contribution is -0.137. The van der Waals surface area contributed by atoms with E-state index in [1.165, 1.54) is 6.92 Å². The van der Waals surface area contributed by atoms with Crippen LogP contribution in [-0.2, 0) is 16.9 Å². The van der Waals surface area contributed by atoms with Gasteiger partial charge in [0.2, 0.25) is 5.91 Å². The van der Waals surface area contributed by atoms with Crippen molar-refractivity contribution in [2.24, 2.45) is 0 Å². The summed E-state index contributed by atoms with van der Waals surface area (Å²) in [5, 5.41) is 7.15. The van der Waals surface area contributed by atoms with Crippen LogP contribution < -0.4 is 4.90 Å². The van der Waals surface area contributed by atoms with E-state index in [0.29, 0.717) is 23.1 Å². The van der Waals surface area contributed by atoms with Crippen molar-refractivity contribution in [2.45, 2.75) is 25.4 Å². The minimum absolute atomic E-state index is 0.190. The summed E-state index contributed by atoms with van der Waals surface area (Å²) in [6, 6.07) is 1.87. The van der Waals surface area contributed by atoms with Gasteiger partial charge in [-0.2, -0.15) is 13.2 Å². The fourth-order valence-electron chi connectivity index (χ4n) is 2.00. The smallest absolute Gasteiger partial charge is 0.278 e. The predicted molar refractivity (Wildman–Crippen MR) is 73.3 cm³/mol. The highest BCUT2D eigenvalue weighted by atomic mass is 32.2. The van der Waals surface area contributed by atoms with Crippen LogP contribution in [0.1, 0.15) is 24.5 Å². The van der Waals surface area contributed by atoms with E-state index < -0.39 is 46.4 Å². The van der Waals surface area contributed by atoms with Crippen LogP contribution in [0.2, 0.25) is 0 Å². The van der Waals surface area contributed by atoms with Gasteiger partial charge >= 0.3 is 6.18 Å². The minimum atomic E-state index is -4.82. The normalized spacial score (nSPS) is 16.5. The van der Waals surface area contributed by atoms with Gasteiger partial charge in [0.25, 0.3) is 5.92 Å². The molecule has 1 aliphatic rings. The molecule has 1 aromatic rings. The summed E-state index contributed by atoms with van der Waals surface area (Å²) < 4.78 is 66.7. The second-order valence-electron chi connectivity index (χ2n) is 4.61. The molecule has 0 saturated carbocycles. The van der Waals surface area contributed by atoms with Crippen LogP contribution in [0.4, 0.5) is 27.6 Å². The molecular weight excluding hydrogens is 327 g/mol. The molecule has 1 amide bonds. The zero-order valence-corrected chi connectivity index (χ0v) is 12.1. The Kier molecular flexibility index (Phi) is 4.20. The molecule has 22 heavy (non-hydrogen) atoms. The number of hydrogen-bond acceptors (Lipinski definition) is 3. The molecule has 1 aliphatic heterocycles. The lowest BCUT2D eigenvalue weighted by Crippen LogP contribution is -2.31. The van der Waals surface area contributed by atoms with E-state index >= 15 is 0 Å². The summed E-state index contributed by atoms with van der Waals surface area (Å²) in [6.07, 6.45) is -5.40. The first-order chi connectivity index (χ1) is 10.1. The molecule has 0 spiro atoms. The van der Waals surface area contributed by atoms with Gasteiger partial charge in [0.05, 0.1) is 17.0 Å². The first-order valence-corrected chi connectivity index (χ1v) is 7.20. The summed E-state index contributed by atoms with van der Waals surface area (Å²) >= 11 is 0.752. The Morgan fingerprint density at radius 2 is 1.91 bits per heavy atom. The zero-order chi connectivity index (χ0) is 16.7. The van der Waals surface area contributed by atoms with E-state index in [0.717, 1.165) is 11.8 Å². The summed E-state index contributed by atoms with van der Waals surface area (Å²) in [5.41, 5.74) is -2.56. The van der Waals surface area contributed by atoms with Crippen LogP contribution in [0.5, 0.6) is 0 Å². The third kappa shape index (κ3) is 2.94. The Hall–Kier alpha value is -1.64. The van der Waals surface area contributed by atoms with Crippen molar-refractivity contribution in [3.63, 3.8) is 0 Å². The molecule has 1 N–H and O–H groups in total.